The zero-order chi connectivity index (χ0) is 11.3. The molecule has 1 aromatic heterocycles. The number of para-hydroxylation sites is 1. The fourth-order valence-corrected chi connectivity index (χ4v) is 2.49. The Kier molecular flexibility index (Phi) is 1.88. The Morgan fingerprint density at radius 1 is 1.44 bits per heavy atom. The van der Waals surface area contributed by atoms with Crippen LogP contribution in [0.5, 0.6) is 0 Å². The number of hydrogen-bond acceptors (Lipinski definition) is 2. The molecule has 3 rings (SSSR count). The van der Waals surface area contributed by atoms with E-state index in [0.29, 0.717) is 5.56 Å². The normalized spacial score (nSPS) is 13.2. The van der Waals surface area contributed by atoms with Gasteiger partial charge in [-0.3, -0.25) is 4.79 Å². The maximum atomic E-state index is 12.1. The smallest absolute Gasteiger partial charge is 0.261 e. The average Bonchev–Trinajstić information content (AvgIpc) is 2.68. The van der Waals surface area contributed by atoms with E-state index in [1.165, 1.54) is 5.56 Å². The molecule has 0 saturated heterocycles. The van der Waals surface area contributed by atoms with Crippen molar-refractivity contribution < 1.29 is 0 Å². The SMILES string of the molecule is NC(=S)c1cc2cccc3c2n(c1=O)CC3. The molecule has 16 heavy (non-hydrogen) atoms. The molecule has 0 spiro atoms. The highest BCUT2D eigenvalue weighted by Gasteiger charge is 2.18. The molecular weight excluding hydrogens is 220 g/mol. The predicted molar refractivity (Wildman–Crippen MR) is 67.8 cm³/mol. The Morgan fingerprint density at radius 3 is 3.00 bits per heavy atom. The second-order valence-electron chi connectivity index (χ2n) is 3.98. The van der Waals surface area contributed by atoms with Gasteiger partial charge in [0.1, 0.15) is 4.99 Å². The number of nitrogens with two attached hydrogens (primary N) is 1. The topological polar surface area (TPSA) is 48.0 Å². The number of rotatable bonds is 1. The van der Waals surface area contributed by atoms with Gasteiger partial charge in [-0.15, -0.1) is 0 Å². The van der Waals surface area contributed by atoms with Gasteiger partial charge >= 0.3 is 0 Å². The lowest BCUT2D eigenvalue weighted by molar-refractivity contribution is 0.741. The summed E-state index contributed by atoms with van der Waals surface area (Å²) in [6, 6.07) is 7.85. The lowest BCUT2D eigenvalue weighted by Crippen LogP contribution is -2.28. The van der Waals surface area contributed by atoms with Crippen molar-refractivity contribution in [2.45, 2.75) is 13.0 Å². The third-order valence-electron chi connectivity index (χ3n) is 3.07. The molecule has 0 fully saturated rings. The summed E-state index contributed by atoms with van der Waals surface area (Å²) in [7, 11) is 0. The van der Waals surface area contributed by atoms with Gasteiger partial charge in [-0.25, -0.2) is 0 Å². The van der Waals surface area contributed by atoms with E-state index in [1.807, 2.05) is 12.1 Å². The maximum absolute atomic E-state index is 12.1. The van der Waals surface area contributed by atoms with Crippen molar-refractivity contribution in [3.8, 4) is 0 Å². The average molecular weight is 230 g/mol. The molecule has 0 aliphatic carbocycles. The van der Waals surface area contributed by atoms with Crippen molar-refractivity contribution in [2.75, 3.05) is 0 Å². The first kappa shape index (κ1) is 9.54. The summed E-state index contributed by atoms with van der Waals surface area (Å²) in [6.07, 6.45) is 0.910. The first-order chi connectivity index (χ1) is 7.68. The molecule has 1 aromatic carbocycles. The van der Waals surface area contributed by atoms with Crippen LogP contribution in [0.25, 0.3) is 10.9 Å². The number of hydrogen-bond donors (Lipinski definition) is 1. The monoisotopic (exact) mass is 230 g/mol. The largest absolute Gasteiger partial charge is 0.389 e. The quantitative estimate of drug-likeness (QED) is 0.749. The van der Waals surface area contributed by atoms with E-state index in [1.54, 1.807) is 10.6 Å². The molecule has 4 heteroatoms. The minimum Gasteiger partial charge on any atom is -0.389 e. The fourth-order valence-electron chi connectivity index (χ4n) is 2.34. The van der Waals surface area contributed by atoms with E-state index >= 15 is 0 Å². The van der Waals surface area contributed by atoms with Crippen molar-refractivity contribution >= 4 is 28.1 Å². The Balaban J connectivity index is 2.52. The van der Waals surface area contributed by atoms with Crippen LogP contribution in [-0.4, -0.2) is 9.56 Å². The van der Waals surface area contributed by atoms with E-state index in [4.69, 9.17) is 18.0 Å². The van der Waals surface area contributed by atoms with Gasteiger partial charge in [-0.1, -0.05) is 30.4 Å². The fraction of sp³-hybridized carbons (Fsp3) is 0.167. The minimum atomic E-state index is -0.0649. The lowest BCUT2D eigenvalue weighted by atomic mass is 10.1. The van der Waals surface area contributed by atoms with Crippen LogP contribution in [-0.2, 0) is 13.0 Å². The molecule has 0 saturated carbocycles. The van der Waals surface area contributed by atoms with Crippen LogP contribution in [0.1, 0.15) is 11.1 Å². The molecule has 80 valence electrons. The van der Waals surface area contributed by atoms with Crippen molar-refractivity contribution in [1.82, 2.24) is 4.57 Å². The predicted octanol–water partition coefficient (Wildman–Crippen LogP) is 1.19. The zero-order valence-corrected chi connectivity index (χ0v) is 9.38. The third kappa shape index (κ3) is 1.13. The van der Waals surface area contributed by atoms with Crippen LogP contribution in [0.4, 0.5) is 0 Å². The number of pyridine rings is 1. The van der Waals surface area contributed by atoms with Gasteiger partial charge in [-0.05, 0) is 23.4 Å². The van der Waals surface area contributed by atoms with Gasteiger partial charge in [0.15, 0.2) is 0 Å². The molecular formula is C12H10N2OS. The minimum absolute atomic E-state index is 0.0649. The molecule has 1 aliphatic heterocycles. The second-order valence-corrected chi connectivity index (χ2v) is 4.42. The molecule has 0 amide bonds. The standard InChI is InChI=1S/C12H10N2OS/c13-11(16)9-6-8-3-1-2-7-4-5-14(10(7)8)12(9)15/h1-3,6H,4-5H2,(H2,13,16). The van der Waals surface area contributed by atoms with Crippen LogP contribution in [0, 0.1) is 0 Å². The van der Waals surface area contributed by atoms with Crippen LogP contribution in [0.2, 0.25) is 0 Å². The van der Waals surface area contributed by atoms with E-state index in [-0.39, 0.29) is 10.5 Å². The van der Waals surface area contributed by atoms with Gasteiger partial charge in [-0.2, -0.15) is 0 Å². The molecule has 2 heterocycles. The highest BCUT2D eigenvalue weighted by atomic mass is 32.1. The zero-order valence-electron chi connectivity index (χ0n) is 8.56. The molecule has 0 unspecified atom stereocenters. The van der Waals surface area contributed by atoms with Crippen molar-refractivity contribution in [1.29, 1.82) is 0 Å². The Labute approximate surface area is 97.5 Å². The molecule has 0 atom stereocenters. The summed E-state index contributed by atoms with van der Waals surface area (Å²) in [4.78, 5) is 12.3. The number of nitrogens with zero attached hydrogens (tertiary/aromatic N) is 1. The number of thiocarbonyl (C=S) groups is 1. The van der Waals surface area contributed by atoms with Crippen LogP contribution < -0.4 is 11.3 Å². The summed E-state index contributed by atoms with van der Waals surface area (Å²) in [6.45, 7) is 0.727. The summed E-state index contributed by atoms with van der Waals surface area (Å²) in [5.41, 5.74) is 8.21. The Morgan fingerprint density at radius 2 is 2.25 bits per heavy atom. The number of aromatic nitrogens is 1. The first-order valence-corrected chi connectivity index (χ1v) is 5.54. The molecule has 0 bridgehead atoms. The van der Waals surface area contributed by atoms with E-state index in [2.05, 4.69) is 6.07 Å². The molecule has 1 aliphatic rings. The van der Waals surface area contributed by atoms with Crippen LogP contribution in [0.3, 0.4) is 0 Å². The summed E-state index contributed by atoms with van der Waals surface area (Å²) >= 11 is 4.90. The van der Waals surface area contributed by atoms with Gasteiger partial charge in [0, 0.05) is 6.54 Å². The Hall–Kier alpha value is -1.68. The first-order valence-electron chi connectivity index (χ1n) is 5.14. The lowest BCUT2D eigenvalue weighted by Gasteiger charge is -2.06. The van der Waals surface area contributed by atoms with Gasteiger partial charge in [0.05, 0.1) is 11.1 Å². The summed E-state index contributed by atoms with van der Waals surface area (Å²) in [5, 5.41) is 1.04. The summed E-state index contributed by atoms with van der Waals surface area (Å²) in [5.74, 6) is 0. The number of aryl methyl sites for hydroxylation is 2. The highest BCUT2D eigenvalue weighted by Crippen LogP contribution is 2.24. The van der Waals surface area contributed by atoms with Crippen molar-refractivity contribution in [3.63, 3.8) is 0 Å². The van der Waals surface area contributed by atoms with E-state index in [9.17, 15) is 4.79 Å². The molecule has 3 nitrogen and oxygen atoms in total. The van der Waals surface area contributed by atoms with Crippen molar-refractivity contribution in [3.05, 3.63) is 45.7 Å². The van der Waals surface area contributed by atoms with Crippen LogP contribution >= 0.6 is 12.2 Å². The van der Waals surface area contributed by atoms with Crippen molar-refractivity contribution in [2.24, 2.45) is 5.73 Å². The van der Waals surface area contributed by atoms with Gasteiger partial charge in [0.25, 0.3) is 5.56 Å². The van der Waals surface area contributed by atoms with Crippen LogP contribution in [0.15, 0.2) is 29.1 Å². The summed E-state index contributed by atoms with van der Waals surface area (Å²) < 4.78 is 1.78. The van der Waals surface area contributed by atoms with E-state index in [0.717, 1.165) is 23.9 Å². The number of benzene rings is 1. The van der Waals surface area contributed by atoms with Gasteiger partial charge < -0.3 is 10.3 Å². The van der Waals surface area contributed by atoms with Gasteiger partial charge in [0.2, 0.25) is 0 Å². The second kappa shape index (κ2) is 3.15. The van der Waals surface area contributed by atoms with E-state index < -0.39 is 0 Å². The molecule has 0 radical (unpaired) electrons. The maximum Gasteiger partial charge on any atom is 0.261 e. The highest BCUT2D eigenvalue weighted by molar-refractivity contribution is 7.80. The molecule has 2 N–H and O–H groups in total. The Bertz CT molecular complexity index is 673. The third-order valence-corrected chi connectivity index (χ3v) is 3.29. The molecule has 2 aromatic rings.